The van der Waals surface area contributed by atoms with Crippen LogP contribution in [0.25, 0.3) is 0 Å². The number of ether oxygens (including phenoxy) is 3. The van der Waals surface area contributed by atoms with E-state index in [1.165, 1.54) is 0 Å². The molecule has 0 aromatic rings. The van der Waals surface area contributed by atoms with Gasteiger partial charge in [-0.3, -0.25) is 0 Å². The summed E-state index contributed by atoms with van der Waals surface area (Å²) in [4.78, 5) is 0. The van der Waals surface area contributed by atoms with Crippen molar-refractivity contribution in [1.82, 2.24) is 5.32 Å². The van der Waals surface area contributed by atoms with Crippen molar-refractivity contribution in [3.05, 3.63) is 0 Å². The van der Waals surface area contributed by atoms with Crippen LogP contribution in [0.1, 0.15) is 33.6 Å². The number of likely N-dealkylation sites (N-methyl/N-ethyl adjacent to an activating group) is 1. The van der Waals surface area contributed by atoms with Crippen molar-refractivity contribution < 1.29 is 14.2 Å². The van der Waals surface area contributed by atoms with Gasteiger partial charge in [0.1, 0.15) is 0 Å². The predicted octanol–water partition coefficient (Wildman–Crippen LogP) is 1.58. The van der Waals surface area contributed by atoms with E-state index in [2.05, 4.69) is 19.2 Å². The van der Waals surface area contributed by atoms with Gasteiger partial charge in [-0.15, -0.1) is 0 Å². The van der Waals surface area contributed by atoms with E-state index in [9.17, 15) is 0 Å². The molecule has 0 spiro atoms. The largest absolute Gasteiger partial charge is 0.379 e. The summed E-state index contributed by atoms with van der Waals surface area (Å²) >= 11 is 0. The average Bonchev–Trinajstić information content (AvgIpc) is 2.31. The molecule has 0 bridgehead atoms. The Labute approximate surface area is 105 Å². The lowest BCUT2D eigenvalue weighted by molar-refractivity contribution is -0.172. The zero-order valence-corrected chi connectivity index (χ0v) is 11.6. The molecule has 0 aliphatic heterocycles. The monoisotopic (exact) mass is 245 g/mol. The molecule has 4 nitrogen and oxygen atoms in total. The van der Waals surface area contributed by atoms with E-state index in [0.29, 0.717) is 12.6 Å². The summed E-state index contributed by atoms with van der Waals surface area (Å²) in [5.41, 5.74) is 0. The number of hydrogen-bond acceptors (Lipinski definition) is 4. The van der Waals surface area contributed by atoms with Crippen molar-refractivity contribution in [2.75, 3.05) is 26.9 Å². The maximum atomic E-state index is 5.94. The lowest BCUT2D eigenvalue weighted by Gasteiger charge is -2.44. The molecule has 0 aromatic heterocycles. The van der Waals surface area contributed by atoms with Crippen LogP contribution >= 0.6 is 0 Å². The third-order valence-electron chi connectivity index (χ3n) is 3.10. The fraction of sp³-hybridized carbons (Fsp3) is 1.00. The Kier molecular flexibility index (Phi) is 7.04. The average molecular weight is 245 g/mol. The molecular weight excluding hydrogens is 218 g/mol. The van der Waals surface area contributed by atoms with Crippen molar-refractivity contribution in [2.24, 2.45) is 0 Å². The molecule has 0 heterocycles. The second-order valence-electron chi connectivity index (χ2n) is 4.61. The molecule has 1 aliphatic rings. The molecule has 1 N–H and O–H groups in total. The van der Waals surface area contributed by atoms with Crippen LogP contribution in [-0.4, -0.2) is 51.2 Å². The molecule has 0 saturated heterocycles. The molecule has 4 atom stereocenters. The number of nitrogens with one attached hydrogen (secondary N) is 1. The van der Waals surface area contributed by atoms with Crippen LogP contribution in [0.3, 0.4) is 0 Å². The zero-order valence-electron chi connectivity index (χ0n) is 11.6. The van der Waals surface area contributed by atoms with Gasteiger partial charge in [-0.2, -0.15) is 0 Å². The first kappa shape index (κ1) is 14.9. The first-order valence-corrected chi connectivity index (χ1v) is 6.74. The van der Waals surface area contributed by atoms with Crippen LogP contribution in [0.5, 0.6) is 0 Å². The normalized spacial score (nSPS) is 30.0. The minimum absolute atomic E-state index is 0.144. The Morgan fingerprint density at radius 3 is 2.71 bits per heavy atom. The summed E-state index contributed by atoms with van der Waals surface area (Å²) in [7, 11) is 1.98. The summed E-state index contributed by atoms with van der Waals surface area (Å²) < 4.78 is 17.1. The smallest absolute Gasteiger partial charge is 0.0990 e. The highest BCUT2D eigenvalue weighted by Crippen LogP contribution is 2.28. The number of rotatable bonds is 9. The van der Waals surface area contributed by atoms with Gasteiger partial charge in [0.05, 0.1) is 24.9 Å². The van der Waals surface area contributed by atoms with E-state index in [-0.39, 0.29) is 18.3 Å². The van der Waals surface area contributed by atoms with Gasteiger partial charge in [0.25, 0.3) is 0 Å². The van der Waals surface area contributed by atoms with Gasteiger partial charge >= 0.3 is 0 Å². The van der Waals surface area contributed by atoms with Crippen LogP contribution in [0.4, 0.5) is 0 Å². The fourth-order valence-corrected chi connectivity index (χ4v) is 2.10. The molecule has 1 aliphatic carbocycles. The van der Waals surface area contributed by atoms with Crippen LogP contribution in [0.15, 0.2) is 0 Å². The third-order valence-corrected chi connectivity index (χ3v) is 3.10. The molecule has 17 heavy (non-hydrogen) atoms. The first-order chi connectivity index (χ1) is 8.22. The standard InChI is InChI=1S/C13H27NO3/c1-5-7-16-13-11(14-4)8-12(13)17-10(3)9-15-6-2/h10-14H,5-9H2,1-4H3. The van der Waals surface area contributed by atoms with Crippen molar-refractivity contribution in [1.29, 1.82) is 0 Å². The van der Waals surface area contributed by atoms with E-state index < -0.39 is 0 Å². The zero-order chi connectivity index (χ0) is 12.7. The van der Waals surface area contributed by atoms with Crippen LogP contribution in [-0.2, 0) is 14.2 Å². The van der Waals surface area contributed by atoms with E-state index in [0.717, 1.165) is 26.1 Å². The quantitative estimate of drug-likeness (QED) is 0.669. The van der Waals surface area contributed by atoms with Crippen molar-refractivity contribution in [3.63, 3.8) is 0 Å². The Morgan fingerprint density at radius 1 is 1.35 bits per heavy atom. The van der Waals surface area contributed by atoms with Gasteiger partial charge in [0.15, 0.2) is 0 Å². The molecule has 4 heteroatoms. The number of hydrogen-bond donors (Lipinski definition) is 1. The van der Waals surface area contributed by atoms with E-state index in [4.69, 9.17) is 14.2 Å². The molecule has 0 radical (unpaired) electrons. The topological polar surface area (TPSA) is 39.7 Å². The molecular formula is C13H27NO3. The van der Waals surface area contributed by atoms with E-state index >= 15 is 0 Å². The van der Waals surface area contributed by atoms with Gasteiger partial charge in [-0.05, 0) is 33.7 Å². The molecule has 0 aromatic carbocycles. The van der Waals surface area contributed by atoms with Crippen molar-refractivity contribution >= 4 is 0 Å². The maximum absolute atomic E-state index is 5.94. The Morgan fingerprint density at radius 2 is 2.12 bits per heavy atom. The highest BCUT2D eigenvalue weighted by molar-refractivity contribution is 4.97. The Bertz CT molecular complexity index is 201. The molecule has 0 amide bonds. The van der Waals surface area contributed by atoms with Gasteiger partial charge in [0.2, 0.25) is 0 Å². The Hall–Kier alpha value is -0.160. The van der Waals surface area contributed by atoms with Crippen LogP contribution < -0.4 is 5.32 Å². The molecule has 4 unspecified atom stereocenters. The molecule has 1 saturated carbocycles. The van der Waals surface area contributed by atoms with Crippen molar-refractivity contribution in [3.8, 4) is 0 Å². The SMILES string of the molecule is CCCOC1C(NC)CC1OC(C)COCC. The lowest BCUT2D eigenvalue weighted by atomic mass is 9.85. The minimum Gasteiger partial charge on any atom is -0.379 e. The summed E-state index contributed by atoms with van der Waals surface area (Å²) in [6, 6.07) is 0.436. The fourth-order valence-electron chi connectivity index (χ4n) is 2.10. The first-order valence-electron chi connectivity index (χ1n) is 6.74. The highest BCUT2D eigenvalue weighted by Gasteiger charge is 2.42. The second-order valence-corrected chi connectivity index (χ2v) is 4.61. The molecule has 102 valence electrons. The predicted molar refractivity (Wildman–Crippen MR) is 68.3 cm³/mol. The summed E-state index contributed by atoms with van der Waals surface area (Å²) in [6.07, 6.45) is 2.64. The van der Waals surface area contributed by atoms with Gasteiger partial charge < -0.3 is 19.5 Å². The highest BCUT2D eigenvalue weighted by atomic mass is 16.6. The summed E-state index contributed by atoms with van der Waals surface area (Å²) in [5.74, 6) is 0. The summed E-state index contributed by atoms with van der Waals surface area (Å²) in [6.45, 7) is 8.40. The van der Waals surface area contributed by atoms with Gasteiger partial charge in [-0.25, -0.2) is 0 Å². The second kappa shape index (κ2) is 8.03. The van der Waals surface area contributed by atoms with Crippen molar-refractivity contribution in [2.45, 2.75) is 58.0 Å². The third kappa shape index (κ3) is 4.54. The Balaban J connectivity index is 2.27. The van der Waals surface area contributed by atoms with Crippen LogP contribution in [0, 0.1) is 0 Å². The van der Waals surface area contributed by atoms with E-state index in [1.807, 2.05) is 14.0 Å². The van der Waals surface area contributed by atoms with Gasteiger partial charge in [0, 0.05) is 19.3 Å². The molecule has 1 rings (SSSR count). The molecule has 1 fully saturated rings. The summed E-state index contributed by atoms with van der Waals surface area (Å²) in [5, 5.41) is 3.27. The minimum atomic E-state index is 0.144. The van der Waals surface area contributed by atoms with E-state index in [1.54, 1.807) is 0 Å². The van der Waals surface area contributed by atoms with Gasteiger partial charge in [-0.1, -0.05) is 6.92 Å². The lowest BCUT2D eigenvalue weighted by Crippen LogP contribution is -2.60. The van der Waals surface area contributed by atoms with Crippen LogP contribution in [0.2, 0.25) is 0 Å². The maximum Gasteiger partial charge on any atom is 0.0990 e.